The molecule has 0 amide bonds. The Balaban J connectivity index is 2.07. The zero-order valence-electron chi connectivity index (χ0n) is 8.02. The van der Waals surface area contributed by atoms with Gasteiger partial charge in [-0.3, -0.25) is 9.98 Å². The molecule has 3 aliphatic rings. The Morgan fingerprint density at radius 1 is 0.769 bits per heavy atom. The van der Waals surface area contributed by atoms with E-state index in [1.165, 1.54) is 34.0 Å². The molecule has 13 heavy (non-hydrogen) atoms. The van der Waals surface area contributed by atoms with Crippen molar-refractivity contribution in [3.8, 4) is 0 Å². The first-order chi connectivity index (χ1) is 6.24. The van der Waals surface area contributed by atoms with Crippen LogP contribution < -0.4 is 0 Å². The topological polar surface area (TPSA) is 24.7 Å². The lowest BCUT2D eigenvalue weighted by Gasteiger charge is -1.98. The van der Waals surface area contributed by atoms with Crippen molar-refractivity contribution in [3.63, 3.8) is 0 Å². The SMILES string of the molecule is CC1=NC2=C(C1)CC1=C2N=C(C)C1. The van der Waals surface area contributed by atoms with Crippen LogP contribution in [0, 0.1) is 0 Å². The van der Waals surface area contributed by atoms with Gasteiger partial charge in [0.2, 0.25) is 0 Å². The van der Waals surface area contributed by atoms with E-state index >= 15 is 0 Å². The summed E-state index contributed by atoms with van der Waals surface area (Å²) < 4.78 is 0. The molecule has 0 saturated carbocycles. The van der Waals surface area contributed by atoms with Gasteiger partial charge in [-0.25, -0.2) is 0 Å². The minimum absolute atomic E-state index is 1.08. The molecule has 0 spiro atoms. The normalized spacial score (nSPS) is 25.1. The van der Waals surface area contributed by atoms with Crippen LogP contribution in [0.15, 0.2) is 32.5 Å². The van der Waals surface area contributed by atoms with E-state index < -0.39 is 0 Å². The summed E-state index contributed by atoms with van der Waals surface area (Å²) in [7, 11) is 0. The number of rotatable bonds is 0. The largest absolute Gasteiger partial charge is 0.256 e. The first-order valence-corrected chi connectivity index (χ1v) is 4.77. The lowest BCUT2D eigenvalue weighted by atomic mass is 10.0. The van der Waals surface area contributed by atoms with Crippen molar-refractivity contribution in [2.24, 2.45) is 9.98 Å². The molecule has 2 nitrogen and oxygen atoms in total. The summed E-state index contributed by atoms with van der Waals surface area (Å²) in [5.74, 6) is 0. The highest BCUT2D eigenvalue weighted by Crippen LogP contribution is 2.43. The zero-order chi connectivity index (χ0) is 9.00. The van der Waals surface area contributed by atoms with Gasteiger partial charge in [0.15, 0.2) is 0 Å². The lowest BCUT2D eigenvalue weighted by molar-refractivity contribution is 1.08. The van der Waals surface area contributed by atoms with Crippen molar-refractivity contribution in [1.29, 1.82) is 0 Å². The van der Waals surface area contributed by atoms with Crippen LogP contribution in [0.1, 0.15) is 33.1 Å². The molecule has 1 aliphatic carbocycles. The molecule has 3 rings (SSSR count). The molecule has 0 aromatic heterocycles. The second kappa shape index (κ2) is 2.19. The maximum Gasteiger partial charge on any atom is 0.0884 e. The minimum atomic E-state index is 1.08. The Kier molecular flexibility index (Phi) is 1.22. The summed E-state index contributed by atoms with van der Waals surface area (Å²) in [6, 6.07) is 0. The van der Waals surface area contributed by atoms with E-state index in [0.717, 1.165) is 19.3 Å². The van der Waals surface area contributed by atoms with E-state index in [4.69, 9.17) is 0 Å². The highest BCUT2D eigenvalue weighted by Gasteiger charge is 2.30. The third-order valence-corrected chi connectivity index (χ3v) is 2.86. The third-order valence-electron chi connectivity index (χ3n) is 2.86. The molecule has 0 atom stereocenters. The molecule has 0 fully saturated rings. The Labute approximate surface area is 77.8 Å². The molecular formula is C11H12N2. The average Bonchev–Trinajstić information content (AvgIpc) is 2.60. The van der Waals surface area contributed by atoms with Crippen LogP contribution in [0.25, 0.3) is 0 Å². The molecule has 0 bridgehead atoms. The zero-order valence-corrected chi connectivity index (χ0v) is 8.02. The van der Waals surface area contributed by atoms with Gasteiger partial charge in [0.05, 0.1) is 11.4 Å². The van der Waals surface area contributed by atoms with Crippen LogP contribution in [0.2, 0.25) is 0 Å². The van der Waals surface area contributed by atoms with Gasteiger partial charge in [0, 0.05) is 24.3 Å². The van der Waals surface area contributed by atoms with E-state index in [1.54, 1.807) is 0 Å². The van der Waals surface area contributed by atoms with Gasteiger partial charge in [-0.15, -0.1) is 0 Å². The summed E-state index contributed by atoms with van der Waals surface area (Å²) in [5, 5.41) is 0. The second-order valence-corrected chi connectivity index (χ2v) is 4.13. The van der Waals surface area contributed by atoms with Gasteiger partial charge >= 0.3 is 0 Å². The quantitative estimate of drug-likeness (QED) is 0.536. The molecule has 0 aromatic rings. The van der Waals surface area contributed by atoms with Gasteiger partial charge < -0.3 is 0 Å². The average molecular weight is 172 g/mol. The van der Waals surface area contributed by atoms with Gasteiger partial charge in [-0.05, 0) is 31.4 Å². The first kappa shape index (κ1) is 7.25. The molecule has 2 heterocycles. The van der Waals surface area contributed by atoms with Crippen molar-refractivity contribution in [2.45, 2.75) is 33.1 Å². The molecule has 66 valence electrons. The fourth-order valence-corrected chi connectivity index (χ4v) is 2.39. The maximum atomic E-state index is 4.56. The lowest BCUT2D eigenvalue weighted by Crippen LogP contribution is -1.91. The number of allylic oxidation sites excluding steroid dienone is 2. The summed E-state index contributed by atoms with van der Waals surface area (Å²) in [6.07, 6.45) is 3.29. The Morgan fingerprint density at radius 2 is 1.23 bits per heavy atom. The van der Waals surface area contributed by atoms with Crippen LogP contribution in [0.4, 0.5) is 0 Å². The van der Waals surface area contributed by atoms with Crippen molar-refractivity contribution < 1.29 is 0 Å². The molecule has 0 saturated heterocycles. The number of fused-ring (bicyclic) bond motifs is 1. The molecular weight excluding hydrogens is 160 g/mol. The predicted molar refractivity (Wildman–Crippen MR) is 54.1 cm³/mol. The number of hydrogen-bond acceptors (Lipinski definition) is 2. The monoisotopic (exact) mass is 172 g/mol. The summed E-state index contributed by atoms with van der Waals surface area (Å²) in [6.45, 7) is 4.20. The molecule has 2 heteroatoms. The van der Waals surface area contributed by atoms with E-state index in [0.29, 0.717) is 0 Å². The molecule has 2 aliphatic heterocycles. The Hall–Kier alpha value is -1.18. The predicted octanol–water partition coefficient (Wildman–Crippen LogP) is 2.63. The summed E-state index contributed by atoms with van der Waals surface area (Å²) in [4.78, 5) is 9.12. The van der Waals surface area contributed by atoms with Gasteiger partial charge in [-0.1, -0.05) is 0 Å². The van der Waals surface area contributed by atoms with E-state index in [1.807, 2.05) is 0 Å². The summed E-state index contributed by atoms with van der Waals surface area (Å²) in [5.41, 5.74) is 7.89. The molecule has 0 N–H and O–H groups in total. The Morgan fingerprint density at radius 3 is 1.69 bits per heavy atom. The highest BCUT2D eigenvalue weighted by molar-refractivity contribution is 5.94. The number of nitrogens with zero attached hydrogens (tertiary/aromatic N) is 2. The van der Waals surface area contributed by atoms with Gasteiger partial charge in [0.25, 0.3) is 0 Å². The van der Waals surface area contributed by atoms with Crippen molar-refractivity contribution in [2.75, 3.05) is 0 Å². The van der Waals surface area contributed by atoms with Crippen molar-refractivity contribution >= 4 is 11.4 Å². The molecule has 0 unspecified atom stereocenters. The van der Waals surface area contributed by atoms with Gasteiger partial charge in [0.1, 0.15) is 0 Å². The maximum absolute atomic E-state index is 4.56. The number of hydrogen-bond donors (Lipinski definition) is 0. The van der Waals surface area contributed by atoms with Crippen LogP contribution in [-0.4, -0.2) is 11.4 Å². The van der Waals surface area contributed by atoms with Crippen LogP contribution in [-0.2, 0) is 0 Å². The number of aliphatic imine (C=N–C) groups is 2. The van der Waals surface area contributed by atoms with Gasteiger partial charge in [-0.2, -0.15) is 0 Å². The van der Waals surface area contributed by atoms with Crippen molar-refractivity contribution in [3.05, 3.63) is 22.5 Å². The summed E-state index contributed by atoms with van der Waals surface area (Å²) >= 11 is 0. The first-order valence-electron chi connectivity index (χ1n) is 4.77. The van der Waals surface area contributed by atoms with E-state index in [-0.39, 0.29) is 0 Å². The highest BCUT2D eigenvalue weighted by atomic mass is 14.9. The molecule has 0 aromatic carbocycles. The van der Waals surface area contributed by atoms with Crippen LogP contribution >= 0.6 is 0 Å². The van der Waals surface area contributed by atoms with E-state index in [2.05, 4.69) is 23.8 Å². The van der Waals surface area contributed by atoms with Crippen LogP contribution in [0.3, 0.4) is 0 Å². The smallest absolute Gasteiger partial charge is 0.0884 e. The van der Waals surface area contributed by atoms with E-state index in [9.17, 15) is 0 Å². The Bertz CT molecular complexity index is 379. The van der Waals surface area contributed by atoms with Crippen molar-refractivity contribution in [1.82, 2.24) is 0 Å². The molecule has 0 radical (unpaired) electrons. The minimum Gasteiger partial charge on any atom is -0.256 e. The fraction of sp³-hybridized carbons (Fsp3) is 0.455. The third kappa shape index (κ3) is 0.886. The van der Waals surface area contributed by atoms with Crippen LogP contribution in [0.5, 0.6) is 0 Å². The second-order valence-electron chi connectivity index (χ2n) is 4.13. The standard InChI is InChI=1S/C11H12N2/c1-6-3-8-5-9-4-7(2)13-11(9)10(8)12-6/h3-5H2,1-2H3. The fourth-order valence-electron chi connectivity index (χ4n) is 2.39.